The van der Waals surface area contributed by atoms with Crippen molar-refractivity contribution in [1.29, 1.82) is 0 Å². The molecule has 8 heteroatoms. The van der Waals surface area contributed by atoms with Crippen LogP contribution in [-0.2, 0) is 16.1 Å². The minimum atomic E-state index is -0.590. The van der Waals surface area contributed by atoms with Crippen molar-refractivity contribution in [3.8, 4) is 11.4 Å². The summed E-state index contributed by atoms with van der Waals surface area (Å²) in [7, 11) is 0. The lowest BCUT2D eigenvalue weighted by molar-refractivity contribution is -0.136. The zero-order valence-electron chi connectivity index (χ0n) is 19.5. The molecule has 1 atom stereocenters. The van der Waals surface area contributed by atoms with Gasteiger partial charge in [0.1, 0.15) is 6.04 Å². The predicted molar refractivity (Wildman–Crippen MR) is 129 cm³/mol. The zero-order chi connectivity index (χ0) is 23.9. The smallest absolute Gasteiger partial charge is 0.244 e. The second kappa shape index (κ2) is 10.9. The first kappa shape index (κ1) is 23.4. The largest absolute Gasteiger partial charge is 0.341 e. The lowest BCUT2D eigenvalue weighted by Crippen LogP contribution is -2.53. The molecule has 2 heterocycles. The van der Waals surface area contributed by atoms with Crippen LogP contribution in [0.2, 0.25) is 0 Å². The fourth-order valence-electron chi connectivity index (χ4n) is 3.79. The van der Waals surface area contributed by atoms with E-state index in [2.05, 4.69) is 20.4 Å². The van der Waals surface area contributed by atoms with Crippen LogP contribution in [0.15, 0.2) is 65.2 Å². The van der Waals surface area contributed by atoms with Gasteiger partial charge in [0.25, 0.3) is 0 Å². The first-order valence-corrected chi connectivity index (χ1v) is 11.4. The summed E-state index contributed by atoms with van der Waals surface area (Å²) in [6.07, 6.45) is 3.18. The molecule has 4 rings (SSSR count). The minimum absolute atomic E-state index is 0.0828. The van der Waals surface area contributed by atoms with Crippen molar-refractivity contribution in [3.05, 3.63) is 77.7 Å². The Hall–Kier alpha value is -3.78. The number of aromatic nitrogens is 2. The van der Waals surface area contributed by atoms with Gasteiger partial charge in [-0.25, -0.2) is 0 Å². The fourth-order valence-corrected chi connectivity index (χ4v) is 3.79. The molecule has 1 saturated heterocycles. The Kier molecular flexibility index (Phi) is 7.49. The quantitative estimate of drug-likeness (QED) is 0.547. The maximum atomic E-state index is 12.8. The summed E-state index contributed by atoms with van der Waals surface area (Å²) in [4.78, 5) is 33.4. The van der Waals surface area contributed by atoms with Gasteiger partial charge in [0, 0.05) is 37.8 Å². The van der Waals surface area contributed by atoms with Crippen molar-refractivity contribution >= 4 is 17.9 Å². The molecule has 0 spiro atoms. The number of carbonyl (C=O) groups excluding carboxylic acids is 2. The molecule has 1 unspecified atom stereocenters. The Morgan fingerprint density at radius 2 is 1.76 bits per heavy atom. The van der Waals surface area contributed by atoms with Crippen LogP contribution in [0.25, 0.3) is 17.5 Å². The number of hydrogen-bond acceptors (Lipinski definition) is 6. The summed E-state index contributed by atoms with van der Waals surface area (Å²) < 4.78 is 5.43. The topological polar surface area (TPSA) is 91.6 Å². The van der Waals surface area contributed by atoms with Gasteiger partial charge in [0.2, 0.25) is 23.5 Å². The Morgan fingerprint density at radius 1 is 1.06 bits per heavy atom. The molecule has 2 aromatic carbocycles. The highest BCUT2D eigenvalue weighted by atomic mass is 16.5. The molecule has 0 aliphatic carbocycles. The van der Waals surface area contributed by atoms with Crippen molar-refractivity contribution < 1.29 is 14.1 Å². The van der Waals surface area contributed by atoms with Crippen LogP contribution < -0.4 is 5.32 Å². The number of carbonyl (C=O) groups is 2. The van der Waals surface area contributed by atoms with Crippen LogP contribution >= 0.6 is 0 Å². The number of nitrogens with zero attached hydrogens (tertiary/aromatic N) is 4. The third-order valence-electron chi connectivity index (χ3n) is 5.78. The number of amides is 2. The molecule has 1 N–H and O–H groups in total. The van der Waals surface area contributed by atoms with E-state index in [1.54, 1.807) is 17.9 Å². The zero-order valence-corrected chi connectivity index (χ0v) is 19.5. The highest BCUT2D eigenvalue weighted by Crippen LogP contribution is 2.17. The number of aryl methyl sites for hydroxylation is 1. The first-order chi connectivity index (χ1) is 16.5. The number of benzene rings is 2. The van der Waals surface area contributed by atoms with Crippen molar-refractivity contribution in [2.24, 2.45) is 0 Å². The number of piperazine rings is 1. The molecule has 1 aliphatic rings. The van der Waals surface area contributed by atoms with Gasteiger partial charge in [0.05, 0.1) is 6.54 Å². The van der Waals surface area contributed by atoms with E-state index in [4.69, 9.17) is 4.52 Å². The van der Waals surface area contributed by atoms with Gasteiger partial charge in [-0.3, -0.25) is 14.5 Å². The van der Waals surface area contributed by atoms with E-state index in [9.17, 15) is 9.59 Å². The SMILES string of the molecule is Cc1ccc(-c2noc(CN3CCN(C(=O)C(C)NC(=O)/C=C/c4ccccc4)CC3)n2)cc1. The first-order valence-electron chi connectivity index (χ1n) is 11.4. The van der Waals surface area contributed by atoms with Gasteiger partial charge in [0.15, 0.2) is 0 Å². The second-order valence-electron chi connectivity index (χ2n) is 8.45. The van der Waals surface area contributed by atoms with Crippen molar-refractivity contribution in [3.63, 3.8) is 0 Å². The average Bonchev–Trinajstić information content (AvgIpc) is 3.32. The molecule has 8 nitrogen and oxygen atoms in total. The fraction of sp³-hybridized carbons (Fsp3) is 0.308. The van der Waals surface area contributed by atoms with E-state index in [0.29, 0.717) is 44.4 Å². The average molecular weight is 460 g/mol. The molecule has 1 fully saturated rings. The normalized spacial score (nSPS) is 15.4. The third-order valence-corrected chi connectivity index (χ3v) is 5.78. The number of rotatable bonds is 7. The molecule has 0 radical (unpaired) electrons. The molecule has 0 saturated carbocycles. The van der Waals surface area contributed by atoms with E-state index < -0.39 is 6.04 Å². The second-order valence-corrected chi connectivity index (χ2v) is 8.45. The molecular formula is C26H29N5O3. The van der Waals surface area contributed by atoms with E-state index in [0.717, 1.165) is 11.1 Å². The Labute approximate surface area is 199 Å². The monoisotopic (exact) mass is 459 g/mol. The molecule has 3 aromatic rings. The molecule has 0 bridgehead atoms. The third kappa shape index (κ3) is 6.17. The van der Waals surface area contributed by atoms with Crippen molar-refractivity contribution in [2.75, 3.05) is 26.2 Å². The molecule has 1 aliphatic heterocycles. The molecular weight excluding hydrogens is 430 g/mol. The Bertz CT molecular complexity index is 1130. The van der Waals surface area contributed by atoms with Crippen LogP contribution in [0, 0.1) is 6.92 Å². The van der Waals surface area contributed by atoms with Crippen LogP contribution in [0.1, 0.15) is 23.9 Å². The maximum absolute atomic E-state index is 12.8. The lowest BCUT2D eigenvalue weighted by Gasteiger charge is -2.35. The summed E-state index contributed by atoms with van der Waals surface area (Å²) >= 11 is 0. The lowest BCUT2D eigenvalue weighted by atomic mass is 10.1. The van der Waals surface area contributed by atoms with Gasteiger partial charge in [-0.15, -0.1) is 0 Å². The van der Waals surface area contributed by atoms with Gasteiger partial charge in [-0.1, -0.05) is 65.3 Å². The van der Waals surface area contributed by atoms with Gasteiger partial charge in [-0.05, 0) is 25.5 Å². The van der Waals surface area contributed by atoms with Crippen molar-refractivity contribution in [2.45, 2.75) is 26.4 Å². The molecule has 2 amide bonds. The number of hydrogen-bond donors (Lipinski definition) is 1. The molecule has 1 aromatic heterocycles. The highest BCUT2D eigenvalue weighted by Gasteiger charge is 2.26. The van der Waals surface area contributed by atoms with Gasteiger partial charge in [-0.2, -0.15) is 4.98 Å². The van der Waals surface area contributed by atoms with Crippen molar-refractivity contribution in [1.82, 2.24) is 25.3 Å². The Morgan fingerprint density at radius 3 is 2.47 bits per heavy atom. The molecule has 34 heavy (non-hydrogen) atoms. The summed E-state index contributed by atoms with van der Waals surface area (Å²) in [5, 5.41) is 6.84. The standard InChI is InChI=1S/C26H29N5O3/c1-19-8-11-22(12-9-19)25-28-24(34-29-25)18-30-14-16-31(17-15-30)26(33)20(2)27-23(32)13-10-21-6-4-3-5-7-21/h3-13,20H,14-18H2,1-2H3,(H,27,32)/b13-10+. The minimum Gasteiger partial charge on any atom is -0.341 e. The summed E-state index contributed by atoms with van der Waals surface area (Å²) in [6, 6.07) is 17.0. The van der Waals surface area contributed by atoms with Gasteiger partial charge < -0.3 is 14.7 Å². The van der Waals surface area contributed by atoms with E-state index in [1.807, 2.05) is 61.5 Å². The van der Waals surface area contributed by atoms with E-state index >= 15 is 0 Å². The highest BCUT2D eigenvalue weighted by molar-refractivity contribution is 5.95. The van der Waals surface area contributed by atoms with Crippen LogP contribution in [0.3, 0.4) is 0 Å². The summed E-state index contributed by atoms with van der Waals surface area (Å²) in [6.45, 7) is 6.85. The number of nitrogens with one attached hydrogen (secondary N) is 1. The van der Waals surface area contributed by atoms with E-state index in [-0.39, 0.29) is 11.8 Å². The predicted octanol–water partition coefficient (Wildman–Crippen LogP) is 2.91. The van der Waals surface area contributed by atoms with Crippen LogP contribution in [-0.4, -0.2) is 64.0 Å². The maximum Gasteiger partial charge on any atom is 0.244 e. The summed E-state index contributed by atoms with van der Waals surface area (Å²) in [5.74, 6) is 0.764. The van der Waals surface area contributed by atoms with Crippen LogP contribution in [0.5, 0.6) is 0 Å². The Balaban J connectivity index is 1.23. The molecule has 176 valence electrons. The van der Waals surface area contributed by atoms with Gasteiger partial charge >= 0.3 is 0 Å². The van der Waals surface area contributed by atoms with E-state index in [1.165, 1.54) is 11.6 Å². The van der Waals surface area contributed by atoms with Crippen LogP contribution in [0.4, 0.5) is 0 Å². The summed E-state index contributed by atoms with van der Waals surface area (Å²) in [5.41, 5.74) is 3.03.